The van der Waals surface area contributed by atoms with Crippen molar-refractivity contribution in [1.29, 1.82) is 0 Å². The first kappa shape index (κ1) is 8.45. The SMILES string of the molecule is [B]C(=O)c1cc(O)c(O)c(O)c1. The Morgan fingerprint density at radius 1 is 1.17 bits per heavy atom. The summed E-state index contributed by atoms with van der Waals surface area (Å²) in [7, 11) is 4.86. The first-order valence-corrected chi connectivity index (χ1v) is 3.07. The van der Waals surface area contributed by atoms with Gasteiger partial charge in [0, 0.05) is 5.56 Å². The third-order valence-electron chi connectivity index (χ3n) is 1.35. The lowest BCUT2D eigenvalue weighted by Crippen LogP contribution is -1.96. The van der Waals surface area contributed by atoms with Crippen molar-refractivity contribution in [3.05, 3.63) is 17.7 Å². The van der Waals surface area contributed by atoms with Crippen LogP contribution in [0.25, 0.3) is 0 Å². The zero-order valence-corrected chi connectivity index (χ0v) is 5.98. The molecule has 0 unspecified atom stereocenters. The Bertz CT molecular complexity index is 311. The molecule has 0 aliphatic heterocycles. The van der Waals surface area contributed by atoms with Gasteiger partial charge >= 0.3 is 0 Å². The number of carbonyl (C=O) groups excluding carboxylic acids is 1. The van der Waals surface area contributed by atoms with Crippen LogP contribution in [0.3, 0.4) is 0 Å². The summed E-state index contributed by atoms with van der Waals surface area (Å²) in [5, 5.41) is 26.7. The Balaban J connectivity index is 3.31. The fraction of sp³-hybridized carbons (Fsp3) is 0. The number of rotatable bonds is 1. The summed E-state index contributed by atoms with van der Waals surface area (Å²) in [5.74, 6) is -1.83. The molecule has 1 aromatic carbocycles. The molecule has 0 heterocycles. The molecule has 0 saturated heterocycles. The average molecular weight is 164 g/mol. The maximum Gasteiger partial charge on any atom is 0.200 e. The van der Waals surface area contributed by atoms with E-state index in [4.69, 9.17) is 23.2 Å². The molecule has 0 atom stereocenters. The number of phenolic OH excluding ortho intramolecular Hbond substituents is 3. The smallest absolute Gasteiger partial charge is 0.200 e. The topological polar surface area (TPSA) is 77.8 Å². The molecule has 60 valence electrons. The van der Waals surface area contributed by atoms with Crippen molar-refractivity contribution >= 4 is 13.5 Å². The van der Waals surface area contributed by atoms with Gasteiger partial charge in [-0.2, -0.15) is 0 Å². The first-order valence-electron chi connectivity index (χ1n) is 3.07. The molecule has 1 rings (SSSR count). The molecule has 0 spiro atoms. The molecule has 0 aromatic heterocycles. The van der Waals surface area contributed by atoms with Crippen LogP contribution in [0.1, 0.15) is 10.4 Å². The number of carbonyl (C=O) groups is 1. The maximum atomic E-state index is 10.5. The zero-order valence-electron chi connectivity index (χ0n) is 5.98. The molecule has 3 N–H and O–H groups in total. The lowest BCUT2D eigenvalue weighted by atomic mass is 9.94. The predicted octanol–water partition coefficient (Wildman–Crippen LogP) is 0.112. The van der Waals surface area contributed by atoms with E-state index in [1.165, 1.54) is 0 Å². The molecule has 0 aliphatic carbocycles. The molecule has 0 fully saturated rings. The highest BCUT2D eigenvalue weighted by Crippen LogP contribution is 2.35. The summed E-state index contributed by atoms with van der Waals surface area (Å²) in [6.45, 7) is 0. The van der Waals surface area contributed by atoms with Gasteiger partial charge in [-0.3, -0.25) is 0 Å². The fourth-order valence-corrected chi connectivity index (χ4v) is 0.746. The second kappa shape index (κ2) is 2.77. The lowest BCUT2D eigenvalue weighted by Gasteiger charge is -2.02. The van der Waals surface area contributed by atoms with Gasteiger partial charge in [-0.15, -0.1) is 0 Å². The third-order valence-corrected chi connectivity index (χ3v) is 1.35. The van der Waals surface area contributed by atoms with Crippen LogP contribution in [-0.2, 0) is 0 Å². The van der Waals surface area contributed by atoms with Gasteiger partial charge in [0.2, 0.25) is 0 Å². The zero-order chi connectivity index (χ0) is 9.30. The molecular formula is C7H5BO4. The molecule has 5 heteroatoms. The Morgan fingerprint density at radius 2 is 1.58 bits per heavy atom. The van der Waals surface area contributed by atoms with Crippen molar-refractivity contribution in [2.75, 3.05) is 0 Å². The summed E-state index contributed by atoms with van der Waals surface area (Å²) in [6, 6.07) is 1.94. The minimum absolute atomic E-state index is 0.0669. The number of hydrogen-bond acceptors (Lipinski definition) is 4. The van der Waals surface area contributed by atoms with Crippen molar-refractivity contribution in [3.63, 3.8) is 0 Å². The summed E-state index contributed by atoms with van der Waals surface area (Å²) < 4.78 is 0. The summed E-state index contributed by atoms with van der Waals surface area (Å²) >= 11 is 0. The van der Waals surface area contributed by atoms with E-state index >= 15 is 0 Å². The Hall–Kier alpha value is -1.65. The van der Waals surface area contributed by atoms with Crippen molar-refractivity contribution in [2.24, 2.45) is 0 Å². The van der Waals surface area contributed by atoms with E-state index in [9.17, 15) is 4.79 Å². The number of benzene rings is 1. The predicted molar refractivity (Wildman–Crippen MR) is 41.5 cm³/mol. The second-order valence-corrected chi connectivity index (χ2v) is 2.23. The van der Waals surface area contributed by atoms with Crippen molar-refractivity contribution < 1.29 is 20.1 Å². The highest BCUT2D eigenvalue weighted by atomic mass is 16.3. The molecule has 2 radical (unpaired) electrons. The Labute approximate surface area is 69.5 Å². The summed E-state index contributed by atoms with van der Waals surface area (Å²) in [6.07, 6.45) is 0. The van der Waals surface area contributed by atoms with Gasteiger partial charge in [0.25, 0.3) is 0 Å². The summed E-state index contributed by atoms with van der Waals surface area (Å²) in [5.41, 5.74) is -0.858. The summed E-state index contributed by atoms with van der Waals surface area (Å²) in [4.78, 5) is 10.5. The Morgan fingerprint density at radius 3 is 1.92 bits per heavy atom. The third kappa shape index (κ3) is 1.34. The van der Waals surface area contributed by atoms with Gasteiger partial charge in [0.05, 0.1) is 0 Å². The van der Waals surface area contributed by atoms with E-state index in [0.29, 0.717) is 0 Å². The van der Waals surface area contributed by atoms with Crippen LogP contribution in [0.2, 0.25) is 0 Å². The number of aromatic hydroxyl groups is 3. The van der Waals surface area contributed by atoms with Gasteiger partial charge < -0.3 is 20.1 Å². The normalized spacial score (nSPS) is 9.67. The van der Waals surface area contributed by atoms with E-state index in [1.807, 2.05) is 0 Å². The molecule has 0 saturated carbocycles. The van der Waals surface area contributed by atoms with Gasteiger partial charge in [0.1, 0.15) is 5.68 Å². The largest absolute Gasteiger partial charge is 0.504 e. The number of phenols is 3. The van der Waals surface area contributed by atoms with Crippen molar-refractivity contribution in [3.8, 4) is 17.2 Å². The van der Waals surface area contributed by atoms with Crippen LogP contribution < -0.4 is 0 Å². The molecule has 1 aromatic rings. The van der Waals surface area contributed by atoms with Crippen LogP contribution in [0, 0.1) is 0 Å². The minimum atomic E-state index is -0.791. The van der Waals surface area contributed by atoms with Crippen LogP contribution in [0.5, 0.6) is 17.2 Å². The number of hydrogen-bond donors (Lipinski definition) is 3. The standard InChI is InChI=1S/C7H5BO4/c8-7(12)3-1-4(9)6(11)5(10)2-3/h1-2,9-11H. The molecule has 4 nitrogen and oxygen atoms in total. The first-order chi connectivity index (χ1) is 5.52. The average Bonchev–Trinajstić information content (AvgIpc) is 1.99. The van der Waals surface area contributed by atoms with Gasteiger partial charge in [0.15, 0.2) is 25.1 Å². The molecule has 0 aliphatic rings. The van der Waals surface area contributed by atoms with Crippen molar-refractivity contribution in [2.45, 2.75) is 0 Å². The quantitative estimate of drug-likeness (QED) is 0.406. The molecule has 0 amide bonds. The fourth-order valence-electron chi connectivity index (χ4n) is 0.746. The molecule has 0 bridgehead atoms. The van der Waals surface area contributed by atoms with Crippen LogP contribution in [-0.4, -0.2) is 28.8 Å². The van der Waals surface area contributed by atoms with Crippen LogP contribution >= 0.6 is 0 Å². The van der Waals surface area contributed by atoms with Gasteiger partial charge in [-0.1, -0.05) is 0 Å². The maximum absolute atomic E-state index is 10.5. The van der Waals surface area contributed by atoms with E-state index < -0.39 is 22.9 Å². The van der Waals surface area contributed by atoms with E-state index in [1.54, 1.807) is 0 Å². The molecular weight excluding hydrogens is 159 g/mol. The lowest BCUT2D eigenvalue weighted by molar-refractivity contribution is 0.107. The minimum Gasteiger partial charge on any atom is -0.504 e. The van der Waals surface area contributed by atoms with E-state index in [0.717, 1.165) is 12.1 Å². The Kier molecular flexibility index (Phi) is 1.95. The van der Waals surface area contributed by atoms with E-state index in [2.05, 4.69) is 0 Å². The van der Waals surface area contributed by atoms with E-state index in [-0.39, 0.29) is 5.56 Å². The van der Waals surface area contributed by atoms with Crippen molar-refractivity contribution in [1.82, 2.24) is 0 Å². The monoisotopic (exact) mass is 164 g/mol. The highest BCUT2D eigenvalue weighted by molar-refractivity contribution is 6.62. The van der Waals surface area contributed by atoms with Crippen LogP contribution in [0.4, 0.5) is 0 Å². The highest BCUT2D eigenvalue weighted by Gasteiger charge is 2.09. The molecule has 12 heavy (non-hydrogen) atoms. The van der Waals surface area contributed by atoms with Gasteiger partial charge in [-0.05, 0) is 12.1 Å². The second-order valence-electron chi connectivity index (χ2n) is 2.23. The van der Waals surface area contributed by atoms with Crippen LogP contribution in [0.15, 0.2) is 12.1 Å². The van der Waals surface area contributed by atoms with Gasteiger partial charge in [-0.25, -0.2) is 0 Å².